The molecule has 110 valence electrons. The highest BCUT2D eigenvalue weighted by Crippen LogP contribution is 2.19. The lowest BCUT2D eigenvalue weighted by atomic mass is 10.1. The molecule has 0 fully saturated rings. The molecule has 0 heterocycles. The number of alkyl halides is 3. The van der Waals surface area contributed by atoms with E-state index in [2.05, 4.69) is 0 Å². The minimum Gasteiger partial charge on any atom is -0.389 e. The Morgan fingerprint density at radius 1 is 1.35 bits per heavy atom. The third-order valence-electron chi connectivity index (χ3n) is 2.54. The standard InChI is InChI=1S/C13H15F3N2OS/c1-2-6-18(8-13(14,15)16)12(19)10-5-3-4-9(7-10)11(17)20/h3-5,7H,2,6,8H2,1H3,(H2,17,20). The highest BCUT2D eigenvalue weighted by molar-refractivity contribution is 7.80. The van der Waals surface area contributed by atoms with Crippen molar-refractivity contribution in [3.63, 3.8) is 0 Å². The van der Waals surface area contributed by atoms with Crippen molar-refractivity contribution < 1.29 is 18.0 Å². The van der Waals surface area contributed by atoms with Gasteiger partial charge in [0.1, 0.15) is 11.5 Å². The third-order valence-corrected chi connectivity index (χ3v) is 2.78. The predicted molar refractivity (Wildman–Crippen MR) is 74.6 cm³/mol. The Kier molecular flexibility index (Phi) is 5.50. The summed E-state index contributed by atoms with van der Waals surface area (Å²) >= 11 is 4.79. The minimum atomic E-state index is -4.42. The van der Waals surface area contributed by atoms with Crippen molar-refractivity contribution in [2.45, 2.75) is 19.5 Å². The van der Waals surface area contributed by atoms with Gasteiger partial charge < -0.3 is 10.6 Å². The molecule has 0 bridgehead atoms. The summed E-state index contributed by atoms with van der Waals surface area (Å²) in [4.78, 5) is 13.0. The number of rotatable bonds is 5. The summed E-state index contributed by atoms with van der Waals surface area (Å²) in [6, 6.07) is 6.00. The maximum absolute atomic E-state index is 12.5. The van der Waals surface area contributed by atoms with Crippen molar-refractivity contribution >= 4 is 23.1 Å². The number of hydrogen-bond acceptors (Lipinski definition) is 2. The van der Waals surface area contributed by atoms with Gasteiger partial charge in [-0.15, -0.1) is 0 Å². The van der Waals surface area contributed by atoms with Crippen molar-refractivity contribution in [1.29, 1.82) is 0 Å². The fourth-order valence-corrected chi connectivity index (χ4v) is 1.85. The maximum atomic E-state index is 12.5. The summed E-state index contributed by atoms with van der Waals surface area (Å²) in [5, 5.41) is 0. The van der Waals surface area contributed by atoms with E-state index >= 15 is 0 Å². The highest BCUT2D eigenvalue weighted by atomic mass is 32.1. The Balaban J connectivity index is 3.00. The van der Waals surface area contributed by atoms with E-state index in [0.717, 1.165) is 4.90 Å². The average Bonchev–Trinajstić information content (AvgIpc) is 2.36. The van der Waals surface area contributed by atoms with Gasteiger partial charge in [-0.2, -0.15) is 13.2 Å². The van der Waals surface area contributed by atoms with Gasteiger partial charge in [0.25, 0.3) is 5.91 Å². The first-order valence-electron chi connectivity index (χ1n) is 6.00. The third kappa shape index (κ3) is 4.80. The summed E-state index contributed by atoms with van der Waals surface area (Å²) < 4.78 is 37.4. The molecule has 7 heteroatoms. The van der Waals surface area contributed by atoms with Crippen LogP contribution in [0.2, 0.25) is 0 Å². The van der Waals surface area contributed by atoms with E-state index in [4.69, 9.17) is 18.0 Å². The molecule has 0 spiro atoms. The van der Waals surface area contributed by atoms with Crippen molar-refractivity contribution in [1.82, 2.24) is 4.90 Å². The fraction of sp³-hybridized carbons (Fsp3) is 0.385. The second-order valence-electron chi connectivity index (χ2n) is 4.29. The first kappa shape index (κ1) is 16.4. The molecule has 0 saturated carbocycles. The smallest absolute Gasteiger partial charge is 0.389 e. The van der Waals surface area contributed by atoms with Crippen molar-refractivity contribution in [3.8, 4) is 0 Å². The Morgan fingerprint density at radius 2 is 1.95 bits per heavy atom. The predicted octanol–water partition coefficient (Wildman–Crippen LogP) is 2.74. The highest BCUT2D eigenvalue weighted by Gasteiger charge is 2.33. The lowest BCUT2D eigenvalue weighted by molar-refractivity contribution is -0.140. The normalized spacial score (nSPS) is 11.2. The van der Waals surface area contributed by atoms with Crippen LogP contribution in [-0.4, -0.2) is 35.1 Å². The van der Waals surface area contributed by atoms with Crippen LogP contribution >= 0.6 is 12.2 Å². The number of hydrogen-bond donors (Lipinski definition) is 1. The van der Waals surface area contributed by atoms with Crippen LogP contribution < -0.4 is 5.73 Å². The van der Waals surface area contributed by atoms with Gasteiger partial charge in [-0.05, 0) is 18.6 Å². The number of carbonyl (C=O) groups excluding carboxylic acids is 1. The number of thiocarbonyl (C=S) groups is 1. The number of amides is 1. The monoisotopic (exact) mass is 304 g/mol. The molecule has 0 saturated heterocycles. The lowest BCUT2D eigenvalue weighted by Crippen LogP contribution is -2.39. The van der Waals surface area contributed by atoms with Crippen LogP contribution in [0.1, 0.15) is 29.3 Å². The quantitative estimate of drug-likeness (QED) is 0.851. The van der Waals surface area contributed by atoms with Gasteiger partial charge in [0.2, 0.25) is 0 Å². The second-order valence-corrected chi connectivity index (χ2v) is 4.73. The molecule has 2 N–H and O–H groups in total. The van der Waals surface area contributed by atoms with E-state index in [1.807, 2.05) is 0 Å². The molecule has 1 rings (SSSR count). The van der Waals surface area contributed by atoms with E-state index in [-0.39, 0.29) is 17.1 Å². The second kappa shape index (κ2) is 6.69. The molecule has 1 amide bonds. The van der Waals surface area contributed by atoms with Crippen LogP contribution in [-0.2, 0) is 0 Å². The molecular weight excluding hydrogens is 289 g/mol. The summed E-state index contributed by atoms with van der Waals surface area (Å²) in [5.41, 5.74) is 6.05. The van der Waals surface area contributed by atoms with Crippen molar-refractivity contribution in [2.24, 2.45) is 5.73 Å². The lowest BCUT2D eigenvalue weighted by Gasteiger charge is -2.23. The van der Waals surface area contributed by atoms with Crippen LogP contribution in [0.4, 0.5) is 13.2 Å². The van der Waals surface area contributed by atoms with E-state index < -0.39 is 18.6 Å². The molecule has 0 aromatic heterocycles. The van der Waals surface area contributed by atoms with Crippen LogP contribution in [0.15, 0.2) is 24.3 Å². The van der Waals surface area contributed by atoms with Crippen molar-refractivity contribution in [3.05, 3.63) is 35.4 Å². The first-order valence-corrected chi connectivity index (χ1v) is 6.41. The Hall–Kier alpha value is -1.63. The van der Waals surface area contributed by atoms with Gasteiger partial charge in [0.15, 0.2) is 0 Å². The molecule has 0 aliphatic carbocycles. The zero-order valence-electron chi connectivity index (χ0n) is 10.9. The fourth-order valence-electron chi connectivity index (χ4n) is 1.73. The van der Waals surface area contributed by atoms with E-state index in [0.29, 0.717) is 12.0 Å². The number of benzene rings is 1. The summed E-state index contributed by atoms with van der Waals surface area (Å²) in [6.45, 7) is 0.481. The summed E-state index contributed by atoms with van der Waals surface area (Å²) in [7, 11) is 0. The number of nitrogens with two attached hydrogens (primary N) is 1. The molecule has 20 heavy (non-hydrogen) atoms. The number of carbonyl (C=O) groups is 1. The molecule has 1 aromatic rings. The van der Waals surface area contributed by atoms with Gasteiger partial charge in [-0.3, -0.25) is 4.79 Å². The zero-order chi connectivity index (χ0) is 15.3. The van der Waals surface area contributed by atoms with Gasteiger partial charge in [0, 0.05) is 17.7 Å². The van der Waals surface area contributed by atoms with E-state index in [1.165, 1.54) is 12.1 Å². The van der Waals surface area contributed by atoms with Gasteiger partial charge in [0.05, 0.1) is 0 Å². The topological polar surface area (TPSA) is 46.3 Å². The molecular formula is C13H15F3N2OS. The number of halogens is 3. The van der Waals surface area contributed by atoms with Crippen LogP contribution in [0.5, 0.6) is 0 Å². The molecule has 0 aliphatic heterocycles. The Morgan fingerprint density at radius 3 is 2.45 bits per heavy atom. The molecule has 0 radical (unpaired) electrons. The SMILES string of the molecule is CCCN(CC(F)(F)F)C(=O)c1cccc(C(N)=S)c1. The average molecular weight is 304 g/mol. The summed E-state index contributed by atoms with van der Waals surface area (Å²) in [5.74, 6) is -0.678. The van der Waals surface area contributed by atoms with Gasteiger partial charge in [-0.25, -0.2) is 0 Å². The van der Waals surface area contributed by atoms with Crippen LogP contribution in [0, 0.1) is 0 Å². The summed E-state index contributed by atoms with van der Waals surface area (Å²) in [6.07, 6.45) is -3.98. The largest absolute Gasteiger partial charge is 0.406 e. The zero-order valence-corrected chi connectivity index (χ0v) is 11.7. The molecule has 0 aliphatic rings. The molecule has 0 atom stereocenters. The van der Waals surface area contributed by atoms with E-state index in [1.54, 1.807) is 19.1 Å². The molecule has 0 unspecified atom stereocenters. The van der Waals surface area contributed by atoms with E-state index in [9.17, 15) is 18.0 Å². The maximum Gasteiger partial charge on any atom is 0.406 e. The first-order chi connectivity index (χ1) is 9.24. The number of nitrogens with zero attached hydrogens (tertiary/aromatic N) is 1. The molecule has 1 aromatic carbocycles. The van der Waals surface area contributed by atoms with Crippen molar-refractivity contribution in [2.75, 3.05) is 13.1 Å². The van der Waals surface area contributed by atoms with Crippen LogP contribution in [0.25, 0.3) is 0 Å². The van der Waals surface area contributed by atoms with Gasteiger partial charge in [-0.1, -0.05) is 31.3 Å². The molecule has 3 nitrogen and oxygen atoms in total. The van der Waals surface area contributed by atoms with Gasteiger partial charge >= 0.3 is 6.18 Å². The Bertz CT molecular complexity index is 503. The minimum absolute atomic E-state index is 0.0373. The Labute approximate surface area is 120 Å². The van der Waals surface area contributed by atoms with Crippen LogP contribution in [0.3, 0.4) is 0 Å².